The van der Waals surface area contributed by atoms with Crippen molar-refractivity contribution in [3.05, 3.63) is 51.6 Å². The molecule has 0 spiro atoms. The number of ether oxygens (including phenoxy) is 3. The molecule has 0 unspecified atom stereocenters. The molecule has 1 saturated heterocycles. The number of rotatable bonds is 5. The van der Waals surface area contributed by atoms with Gasteiger partial charge in [-0.05, 0) is 32.3 Å². The van der Waals surface area contributed by atoms with Gasteiger partial charge < -0.3 is 40.0 Å². The molecule has 0 amide bonds. The number of fused-ring (bicyclic) bond motifs is 3. The highest BCUT2D eigenvalue weighted by Crippen LogP contribution is 2.52. The third-order valence-electron chi connectivity index (χ3n) is 7.55. The summed E-state index contributed by atoms with van der Waals surface area (Å²) in [5, 5.41) is 51.9. The summed E-state index contributed by atoms with van der Waals surface area (Å²) >= 11 is 0. The van der Waals surface area contributed by atoms with Crippen molar-refractivity contribution >= 4 is 17.3 Å². The van der Waals surface area contributed by atoms with E-state index in [-0.39, 0.29) is 58.1 Å². The summed E-state index contributed by atoms with van der Waals surface area (Å²) in [6.45, 7) is 1.16. The topological polar surface area (TPSA) is 167 Å². The minimum Gasteiger partial charge on any atom is -0.507 e. The lowest BCUT2D eigenvalue weighted by atomic mass is 9.71. The van der Waals surface area contributed by atoms with Crippen molar-refractivity contribution in [2.75, 3.05) is 13.7 Å². The van der Waals surface area contributed by atoms with Gasteiger partial charge in [-0.3, -0.25) is 9.59 Å². The lowest BCUT2D eigenvalue weighted by molar-refractivity contribution is -0.220. The molecule has 37 heavy (non-hydrogen) atoms. The Kier molecular flexibility index (Phi) is 6.31. The molecule has 5 rings (SSSR count). The molecule has 10 heteroatoms. The zero-order valence-electron chi connectivity index (χ0n) is 20.5. The van der Waals surface area contributed by atoms with Gasteiger partial charge in [0.2, 0.25) is 5.78 Å². The molecule has 3 aliphatic rings. The Morgan fingerprint density at radius 3 is 2.54 bits per heavy atom. The smallest absolute Gasteiger partial charge is 0.202 e. The average Bonchev–Trinajstić information content (AvgIpc) is 2.88. The maximum atomic E-state index is 13.6. The fourth-order valence-electron chi connectivity index (χ4n) is 5.66. The van der Waals surface area contributed by atoms with Crippen LogP contribution in [-0.4, -0.2) is 69.4 Å². The number of aliphatic hydroxyl groups excluding tert-OH is 1. The second-order valence-electron chi connectivity index (χ2n) is 9.86. The van der Waals surface area contributed by atoms with Crippen molar-refractivity contribution < 1.29 is 44.2 Å². The van der Waals surface area contributed by atoms with Crippen LogP contribution in [-0.2, 0) is 15.9 Å². The summed E-state index contributed by atoms with van der Waals surface area (Å²) in [4.78, 5) is 27.1. The molecule has 4 atom stereocenters. The molecular weight excluding hydrogens is 482 g/mol. The molecule has 0 aromatic heterocycles. The van der Waals surface area contributed by atoms with E-state index in [2.05, 4.69) is 0 Å². The van der Waals surface area contributed by atoms with Crippen LogP contribution in [0, 0.1) is 5.41 Å². The average molecular weight is 512 g/mol. The van der Waals surface area contributed by atoms with E-state index in [0.29, 0.717) is 6.42 Å². The quantitative estimate of drug-likeness (QED) is 0.255. The second kappa shape index (κ2) is 9.21. The lowest BCUT2D eigenvalue weighted by Crippen LogP contribution is -2.47. The van der Waals surface area contributed by atoms with Gasteiger partial charge >= 0.3 is 0 Å². The summed E-state index contributed by atoms with van der Waals surface area (Å²) in [5.74, 6) is -2.34. The first kappa shape index (κ1) is 25.3. The van der Waals surface area contributed by atoms with E-state index in [1.165, 1.54) is 19.2 Å². The van der Waals surface area contributed by atoms with Crippen LogP contribution in [0.25, 0.3) is 0 Å². The normalized spacial score (nSPS) is 26.8. The zero-order chi connectivity index (χ0) is 26.6. The van der Waals surface area contributed by atoms with E-state index in [1.54, 1.807) is 6.07 Å². The molecular formula is C27H29NO9. The molecule has 2 aliphatic carbocycles. The fraction of sp³-hybridized carbons (Fsp3) is 0.444. The number of aromatic hydroxyl groups is 2. The lowest BCUT2D eigenvalue weighted by Gasteiger charge is -2.41. The number of hydrogen-bond acceptors (Lipinski definition) is 10. The van der Waals surface area contributed by atoms with Crippen molar-refractivity contribution in [1.82, 2.24) is 0 Å². The van der Waals surface area contributed by atoms with Gasteiger partial charge in [-0.1, -0.05) is 12.1 Å². The van der Waals surface area contributed by atoms with Crippen LogP contribution in [0.3, 0.4) is 0 Å². The van der Waals surface area contributed by atoms with E-state index in [4.69, 9.17) is 19.6 Å². The number of hydrogen-bond donors (Lipinski definition) is 5. The fourth-order valence-corrected chi connectivity index (χ4v) is 5.66. The number of benzene rings is 2. The van der Waals surface area contributed by atoms with E-state index in [9.17, 15) is 30.0 Å². The SMILES string of the molecule is COc1cccc2c1C(=O)c1c(O)c3c(c(O)c1C2=O)C[C@@](O)(C(=N)CO)C[C@@H]3O[C@H]1CCC[C@H](C)O1. The third-order valence-corrected chi connectivity index (χ3v) is 7.55. The van der Waals surface area contributed by atoms with E-state index >= 15 is 0 Å². The minimum atomic E-state index is -1.92. The van der Waals surface area contributed by atoms with Gasteiger partial charge in [0, 0.05) is 29.5 Å². The maximum absolute atomic E-state index is 13.6. The van der Waals surface area contributed by atoms with Gasteiger partial charge in [0.05, 0.1) is 48.3 Å². The zero-order valence-corrected chi connectivity index (χ0v) is 20.5. The van der Waals surface area contributed by atoms with Crippen molar-refractivity contribution in [2.24, 2.45) is 0 Å². The first-order chi connectivity index (χ1) is 17.6. The van der Waals surface area contributed by atoms with Crippen LogP contribution >= 0.6 is 0 Å². The molecule has 2 aromatic rings. The van der Waals surface area contributed by atoms with Gasteiger partial charge in [-0.15, -0.1) is 0 Å². The van der Waals surface area contributed by atoms with Crippen molar-refractivity contribution in [3.8, 4) is 17.2 Å². The molecule has 5 N–H and O–H groups in total. The second-order valence-corrected chi connectivity index (χ2v) is 9.86. The van der Waals surface area contributed by atoms with Gasteiger partial charge in [-0.25, -0.2) is 0 Å². The van der Waals surface area contributed by atoms with Gasteiger partial charge in [0.15, 0.2) is 12.1 Å². The van der Waals surface area contributed by atoms with Crippen molar-refractivity contribution in [3.63, 3.8) is 0 Å². The number of aliphatic hydroxyl groups is 2. The summed E-state index contributed by atoms with van der Waals surface area (Å²) in [5.41, 5.74) is -3.06. The highest BCUT2D eigenvalue weighted by molar-refractivity contribution is 6.31. The predicted octanol–water partition coefficient (Wildman–Crippen LogP) is 2.54. The van der Waals surface area contributed by atoms with E-state index < -0.39 is 53.4 Å². The summed E-state index contributed by atoms with van der Waals surface area (Å²) in [6.07, 6.45) is -0.261. The van der Waals surface area contributed by atoms with Gasteiger partial charge in [0.1, 0.15) is 22.8 Å². The highest BCUT2D eigenvalue weighted by atomic mass is 16.7. The molecule has 0 saturated carbocycles. The van der Waals surface area contributed by atoms with E-state index in [0.717, 1.165) is 12.8 Å². The first-order valence-corrected chi connectivity index (χ1v) is 12.2. The number of carbonyl (C=O) groups excluding carboxylic acids is 2. The van der Waals surface area contributed by atoms with Crippen LogP contribution in [0.15, 0.2) is 18.2 Å². The molecule has 196 valence electrons. The molecule has 1 fully saturated rings. The Bertz CT molecular complexity index is 1320. The summed E-state index contributed by atoms with van der Waals surface area (Å²) in [6, 6.07) is 4.50. The molecule has 2 aromatic carbocycles. The summed E-state index contributed by atoms with van der Waals surface area (Å²) in [7, 11) is 1.36. The molecule has 0 radical (unpaired) electrons. The van der Waals surface area contributed by atoms with Crippen molar-refractivity contribution in [2.45, 2.75) is 63.1 Å². The first-order valence-electron chi connectivity index (χ1n) is 12.2. The van der Waals surface area contributed by atoms with Crippen LogP contribution in [0.2, 0.25) is 0 Å². The number of nitrogens with one attached hydrogen (secondary N) is 1. The van der Waals surface area contributed by atoms with E-state index in [1.807, 2.05) is 6.92 Å². The molecule has 0 bridgehead atoms. The monoisotopic (exact) mass is 511 g/mol. The largest absolute Gasteiger partial charge is 0.507 e. The number of methoxy groups -OCH3 is 1. The van der Waals surface area contributed by atoms with Crippen LogP contribution in [0.5, 0.6) is 17.2 Å². The minimum absolute atomic E-state index is 0.0121. The number of phenols is 2. The maximum Gasteiger partial charge on any atom is 0.202 e. The standard InChI is InChI=1S/C27H29NO9/c1-12-5-3-8-18(36-12)37-16-10-27(34,17(28)11-29)9-14-20(16)26(33)22-21(24(14)31)23(30)13-6-4-7-15(35-2)19(13)25(22)32/h4,6-7,12,16,18,28-29,31,33-34H,3,5,8-11H2,1-2H3/t12-,16-,18-,27-/m0/s1. The Morgan fingerprint density at radius 1 is 1.14 bits per heavy atom. The Morgan fingerprint density at radius 2 is 1.86 bits per heavy atom. The van der Waals surface area contributed by atoms with Crippen LogP contribution in [0.4, 0.5) is 0 Å². The molecule has 1 aliphatic heterocycles. The summed E-state index contributed by atoms with van der Waals surface area (Å²) < 4.78 is 17.3. The van der Waals surface area contributed by atoms with Crippen molar-refractivity contribution in [1.29, 1.82) is 5.41 Å². The third kappa shape index (κ3) is 3.91. The number of phenolic OH excluding ortho intramolecular Hbond substituents is 2. The van der Waals surface area contributed by atoms with Crippen LogP contribution < -0.4 is 4.74 Å². The Balaban J connectivity index is 1.71. The van der Waals surface area contributed by atoms with Crippen LogP contribution in [0.1, 0.15) is 81.7 Å². The van der Waals surface area contributed by atoms with Gasteiger partial charge in [-0.2, -0.15) is 0 Å². The number of carbonyl (C=O) groups is 2. The molecule has 1 heterocycles. The Hall–Kier alpha value is -3.31. The number of ketones is 2. The Labute approximate surface area is 212 Å². The molecule has 10 nitrogen and oxygen atoms in total. The predicted molar refractivity (Wildman–Crippen MR) is 130 cm³/mol. The van der Waals surface area contributed by atoms with Gasteiger partial charge in [0.25, 0.3) is 0 Å². The highest BCUT2D eigenvalue weighted by Gasteiger charge is 2.48.